The van der Waals surface area contributed by atoms with Gasteiger partial charge in [-0.25, -0.2) is 9.78 Å². The molecule has 0 aromatic carbocycles. The highest BCUT2D eigenvalue weighted by atomic mass is 16.5. The van der Waals surface area contributed by atoms with Gasteiger partial charge in [0.2, 0.25) is 5.88 Å². The minimum atomic E-state index is -0.0582. The molecule has 2 aromatic rings. The zero-order chi connectivity index (χ0) is 17.6. The Balaban J connectivity index is 1.50. The molecule has 1 saturated heterocycles. The van der Waals surface area contributed by atoms with Gasteiger partial charge in [0.25, 0.3) is 0 Å². The predicted octanol–water partition coefficient (Wildman–Crippen LogP) is 1.25. The van der Waals surface area contributed by atoms with Crippen molar-refractivity contribution in [1.82, 2.24) is 25.0 Å². The fourth-order valence-corrected chi connectivity index (χ4v) is 2.85. The zero-order valence-electron chi connectivity index (χ0n) is 14.7. The first-order valence-electron chi connectivity index (χ1n) is 8.50. The van der Waals surface area contributed by atoms with Gasteiger partial charge >= 0.3 is 6.03 Å². The van der Waals surface area contributed by atoms with Crippen LogP contribution in [0.2, 0.25) is 0 Å². The summed E-state index contributed by atoms with van der Waals surface area (Å²) in [5.74, 6) is 0.576. The van der Waals surface area contributed by atoms with Gasteiger partial charge in [-0.3, -0.25) is 4.68 Å². The lowest BCUT2D eigenvalue weighted by atomic mass is 10.2. The molecule has 0 aliphatic carbocycles. The molecular weight excluding hydrogens is 320 g/mol. The van der Waals surface area contributed by atoms with Crippen molar-refractivity contribution in [1.29, 1.82) is 0 Å². The van der Waals surface area contributed by atoms with E-state index in [4.69, 9.17) is 4.74 Å². The van der Waals surface area contributed by atoms with E-state index >= 15 is 0 Å². The summed E-state index contributed by atoms with van der Waals surface area (Å²) in [7, 11) is 1.90. The number of aromatic nitrogens is 3. The van der Waals surface area contributed by atoms with E-state index in [9.17, 15) is 4.79 Å². The second-order valence-electron chi connectivity index (χ2n) is 5.91. The van der Waals surface area contributed by atoms with Crippen molar-refractivity contribution in [2.24, 2.45) is 7.05 Å². The van der Waals surface area contributed by atoms with E-state index < -0.39 is 0 Å². The van der Waals surface area contributed by atoms with Crippen LogP contribution in [-0.4, -0.2) is 58.5 Å². The average Bonchev–Trinajstić information content (AvgIpc) is 3.07. The van der Waals surface area contributed by atoms with Gasteiger partial charge in [0.1, 0.15) is 0 Å². The van der Waals surface area contributed by atoms with E-state index in [1.165, 1.54) is 0 Å². The van der Waals surface area contributed by atoms with Gasteiger partial charge in [0.15, 0.2) is 0 Å². The van der Waals surface area contributed by atoms with Crippen LogP contribution in [0.15, 0.2) is 30.7 Å². The summed E-state index contributed by atoms with van der Waals surface area (Å²) in [5.41, 5.74) is 1.98. The monoisotopic (exact) mass is 344 g/mol. The summed E-state index contributed by atoms with van der Waals surface area (Å²) in [6.07, 6.45) is 5.54. The maximum Gasteiger partial charge on any atom is 0.317 e. The predicted molar refractivity (Wildman–Crippen MR) is 94.6 cm³/mol. The van der Waals surface area contributed by atoms with Crippen molar-refractivity contribution in [2.45, 2.75) is 13.5 Å². The lowest BCUT2D eigenvalue weighted by Crippen LogP contribution is -2.51. The maximum atomic E-state index is 12.4. The molecule has 8 heteroatoms. The number of urea groups is 1. The fraction of sp³-hybridized carbons (Fsp3) is 0.471. The Labute approximate surface area is 147 Å². The van der Waals surface area contributed by atoms with Crippen molar-refractivity contribution in [3.63, 3.8) is 0 Å². The van der Waals surface area contributed by atoms with Gasteiger partial charge < -0.3 is 19.9 Å². The molecular formula is C17H24N6O2. The Morgan fingerprint density at radius 3 is 2.80 bits per heavy atom. The number of nitrogens with zero attached hydrogens (tertiary/aromatic N) is 5. The number of ether oxygens (including phenoxy) is 1. The number of hydrogen-bond acceptors (Lipinski definition) is 5. The number of aryl methyl sites for hydroxylation is 1. The molecule has 1 aliphatic heterocycles. The zero-order valence-corrected chi connectivity index (χ0v) is 14.7. The number of piperazine rings is 1. The Bertz CT molecular complexity index is 709. The van der Waals surface area contributed by atoms with E-state index in [1.807, 2.05) is 43.4 Å². The molecule has 2 amide bonds. The van der Waals surface area contributed by atoms with Crippen LogP contribution in [0.3, 0.4) is 0 Å². The molecule has 25 heavy (non-hydrogen) atoms. The van der Waals surface area contributed by atoms with Crippen LogP contribution in [0, 0.1) is 0 Å². The highest BCUT2D eigenvalue weighted by molar-refractivity contribution is 5.74. The number of pyridine rings is 1. The van der Waals surface area contributed by atoms with Crippen LogP contribution in [0.1, 0.15) is 12.5 Å². The number of amides is 2. The molecule has 1 fully saturated rings. The third kappa shape index (κ3) is 4.20. The van der Waals surface area contributed by atoms with Gasteiger partial charge in [-0.1, -0.05) is 6.07 Å². The lowest BCUT2D eigenvalue weighted by Gasteiger charge is -2.35. The van der Waals surface area contributed by atoms with Gasteiger partial charge in [-0.15, -0.1) is 0 Å². The number of hydrogen-bond donors (Lipinski definition) is 1. The number of carbonyl (C=O) groups is 1. The van der Waals surface area contributed by atoms with Crippen molar-refractivity contribution in [3.8, 4) is 5.88 Å². The van der Waals surface area contributed by atoms with Crippen LogP contribution < -0.4 is 15.0 Å². The molecule has 0 saturated carbocycles. The van der Waals surface area contributed by atoms with E-state index in [1.54, 1.807) is 10.9 Å². The minimum Gasteiger partial charge on any atom is -0.478 e. The molecule has 3 heterocycles. The van der Waals surface area contributed by atoms with Crippen LogP contribution >= 0.6 is 0 Å². The Hall–Kier alpha value is -2.77. The standard InChI is InChI=1S/C17H24N6O2/c1-3-25-16-14(5-4-6-18-16)11-19-17(24)23-9-7-22(8-10-23)15-12-20-21(2)13-15/h4-6,12-13H,3,7-11H2,1-2H3,(H,19,24). The Kier molecular flexibility index (Phi) is 5.37. The number of anilines is 1. The van der Waals surface area contributed by atoms with E-state index in [0.717, 1.165) is 24.3 Å². The van der Waals surface area contributed by atoms with Gasteiger partial charge in [-0.05, 0) is 13.0 Å². The molecule has 8 nitrogen and oxygen atoms in total. The summed E-state index contributed by atoms with van der Waals surface area (Å²) >= 11 is 0. The number of nitrogens with one attached hydrogen (secondary N) is 1. The minimum absolute atomic E-state index is 0.0582. The Morgan fingerprint density at radius 1 is 1.32 bits per heavy atom. The van der Waals surface area contributed by atoms with Crippen LogP contribution in [0.4, 0.5) is 10.5 Å². The Morgan fingerprint density at radius 2 is 2.12 bits per heavy atom. The first kappa shape index (κ1) is 17.1. The molecule has 0 atom stereocenters. The summed E-state index contributed by atoms with van der Waals surface area (Å²) in [4.78, 5) is 20.7. The SMILES string of the molecule is CCOc1ncccc1CNC(=O)N1CCN(c2cnn(C)c2)CC1. The van der Waals surface area contributed by atoms with Gasteiger partial charge in [0.05, 0.1) is 18.5 Å². The molecule has 0 bridgehead atoms. The third-order valence-electron chi connectivity index (χ3n) is 4.18. The molecule has 3 rings (SSSR count). The summed E-state index contributed by atoms with van der Waals surface area (Å²) in [6.45, 7) is 5.85. The van der Waals surface area contributed by atoms with Gasteiger partial charge in [-0.2, -0.15) is 5.10 Å². The molecule has 2 aromatic heterocycles. The quantitative estimate of drug-likeness (QED) is 0.883. The van der Waals surface area contributed by atoms with Crippen LogP contribution in [0.5, 0.6) is 5.88 Å². The third-order valence-corrected chi connectivity index (χ3v) is 4.18. The molecule has 1 aliphatic rings. The highest BCUT2D eigenvalue weighted by Crippen LogP contribution is 2.16. The van der Waals surface area contributed by atoms with Gasteiger partial charge in [0, 0.05) is 57.7 Å². The van der Waals surface area contributed by atoms with E-state index in [2.05, 4.69) is 20.3 Å². The second kappa shape index (κ2) is 7.87. The molecule has 0 unspecified atom stereocenters. The summed E-state index contributed by atoms with van der Waals surface area (Å²) < 4.78 is 7.28. The molecule has 0 spiro atoms. The number of carbonyl (C=O) groups excluding carboxylic acids is 1. The number of rotatable bonds is 5. The van der Waals surface area contributed by atoms with Crippen LogP contribution in [0.25, 0.3) is 0 Å². The second-order valence-corrected chi connectivity index (χ2v) is 5.91. The smallest absolute Gasteiger partial charge is 0.317 e. The fourth-order valence-electron chi connectivity index (χ4n) is 2.85. The van der Waals surface area contributed by atoms with Crippen molar-refractivity contribution < 1.29 is 9.53 Å². The van der Waals surface area contributed by atoms with Crippen molar-refractivity contribution in [3.05, 3.63) is 36.3 Å². The largest absolute Gasteiger partial charge is 0.478 e. The van der Waals surface area contributed by atoms with Crippen molar-refractivity contribution in [2.75, 3.05) is 37.7 Å². The van der Waals surface area contributed by atoms with Crippen LogP contribution in [-0.2, 0) is 13.6 Å². The van der Waals surface area contributed by atoms with Crippen molar-refractivity contribution >= 4 is 11.7 Å². The maximum absolute atomic E-state index is 12.4. The molecule has 1 N–H and O–H groups in total. The first-order valence-corrected chi connectivity index (χ1v) is 8.50. The summed E-state index contributed by atoms with van der Waals surface area (Å²) in [5, 5.41) is 7.15. The molecule has 134 valence electrons. The normalized spacial score (nSPS) is 14.5. The highest BCUT2D eigenvalue weighted by Gasteiger charge is 2.22. The average molecular weight is 344 g/mol. The van der Waals surface area contributed by atoms with E-state index in [0.29, 0.717) is 32.1 Å². The topological polar surface area (TPSA) is 75.5 Å². The first-order chi connectivity index (χ1) is 12.2. The lowest BCUT2D eigenvalue weighted by molar-refractivity contribution is 0.193. The van der Waals surface area contributed by atoms with E-state index in [-0.39, 0.29) is 6.03 Å². The molecule has 0 radical (unpaired) electrons. The summed E-state index contributed by atoms with van der Waals surface area (Å²) in [6, 6.07) is 3.70.